The van der Waals surface area contributed by atoms with Crippen molar-refractivity contribution in [3.8, 4) is 0 Å². The third-order valence-corrected chi connectivity index (χ3v) is 3.91. The lowest BCUT2D eigenvalue weighted by Gasteiger charge is -2.22. The van der Waals surface area contributed by atoms with Crippen LogP contribution in [0.2, 0.25) is 5.02 Å². The van der Waals surface area contributed by atoms with Crippen LogP contribution in [-0.2, 0) is 0 Å². The fourth-order valence-corrected chi connectivity index (χ4v) is 2.58. The van der Waals surface area contributed by atoms with Gasteiger partial charge in [-0.25, -0.2) is 9.59 Å². The summed E-state index contributed by atoms with van der Waals surface area (Å²) in [5, 5.41) is 14.6. The molecule has 0 aromatic heterocycles. The van der Waals surface area contributed by atoms with Gasteiger partial charge in [0.25, 0.3) is 0 Å². The molecule has 21 heavy (non-hydrogen) atoms. The van der Waals surface area contributed by atoms with Crippen LogP contribution in [0.3, 0.4) is 0 Å². The summed E-state index contributed by atoms with van der Waals surface area (Å²) in [6.07, 6.45) is 1.94. The number of aromatic carboxylic acids is 1. The number of carbonyl (C=O) groups is 2. The molecule has 0 aliphatic rings. The van der Waals surface area contributed by atoms with Crippen LogP contribution in [-0.4, -0.2) is 23.1 Å². The molecule has 1 aromatic carbocycles. The van der Waals surface area contributed by atoms with Crippen molar-refractivity contribution in [1.82, 2.24) is 5.32 Å². The maximum absolute atomic E-state index is 12.0. The van der Waals surface area contributed by atoms with Crippen molar-refractivity contribution >= 4 is 29.3 Å². The summed E-state index contributed by atoms with van der Waals surface area (Å²) in [4.78, 5) is 23.2. The summed E-state index contributed by atoms with van der Waals surface area (Å²) in [5.74, 6) is -0.794. The van der Waals surface area contributed by atoms with Gasteiger partial charge < -0.3 is 15.7 Å². The van der Waals surface area contributed by atoms with E-state index in [0.29, 0.717) is 5.92 Å². The van der Waals surface area contributed by atoms with Crippen LogP contribution in [0.1, 0.15) is 44.0 Å². The van der Waals surface area contributed by atoms with Gasteiger partial charge in [0.2, 0.25) is 0 Å². The molecule has 0 bridgehead atoms. The number of hydrogen-bond acceptors (Lipinski definition) is 2. The van der Waals surface area contributed by atoms with E-state index in [1.807, 2.05) is 6.92 Å². The average Bonchev–Trinajstić information content (AvgIpc) is 2.39. The van der Waals surface area contributed by atoms with Crippen molar-refractivity contribution in [2.75, 3.05) is 5.32 Å². The number of halogens is 1. The molecule has 1 rings (SSSR count). The second kappa shape index (κ2) is 7.88. The zero-order chi connectivity index (χ0) is 16.0. The minimum atomic E-state index is -1.18. The first kappa shape index (κ1) is 17.3. The predicted octanol–water partition coefficient (Wildman–Crippen LogP) is 3.98. The van der Waals surface area contributed by atoms with Crippen molar-refractivity contribution in [2.45, 2.75) is 39.7 Å². The van der Waals surface area contributed by atoms with Gasteiger partial charge in [-0.15, -0.1) is 0 Å². The second-order valence-electron chi connectivity index (χ2n) is 4.93. The Morgan fingerprint density at radius 3 is 2.43 bits per heavy atom. The van der Waals surface area contributed by atoms with Crippen molar-refractivity contribution < 1.29 is 14.7 Å². The molecule has 0 aliphatic carbocycles. The summed E-state index contributed by atoms with van der Waals surface area (Å²) in [7, 11) is 0. The molecule has 0 aliphatic heterocycles. The van der Waals surface area contributed by atoms with Gasteiger partial charge in [-0.2, -0.15) is 0 Å². The molecule has 3 N–H and O–H groups in total. The Bertz CT molecular complexity index is 516. The summed E-state index contributed by atoms with van der Waals surface area (Å²) in [5.41, 5.74) is 0.0775. The van der Waals surface area contributed by atoms with Crippen LogP contribution in [0.15, 0.2) is 18.2 Å². The van der Waals surface area contributed by atoms with E-state index in [-0.39, 0.29) is 22.3 Å². The maximum atomic E-state index is 12.0. The average molecular weight is 313 g/mol. The van der Waals surface area contributed by atoms with Gasteiger partial charge in [0.05, 0.1) is 10.7 Å². The van der Waals surface area contributed by atoms with Crippen molar-refractivity contribution in [1.29, 1.82) is 0 Å². The molecular formula is C15H21ClN2O3. The van der Waals surface area contributed by atoms with Gasteiger partial charge in [0.15, 0.2) is 0 Å². The normalized spacial score (nSPS) is 12.0. The molecule has 6 heteroatoms. The van der Waals surface area contributed by atoms with Crippen LogP contribution in [0, 0.1) is 5.92 Å². The molecule has 0 heterocycles. The fraction of sp³-hybridized carbons (Fsp3) is 0.467. The summed E-state index contributed by atoms with van der Waals surface area (Å²) in [6.45, 7) is 6.08. The van der Waals surface area contributed by atoms with E-state index in [9.17, 15) is 9.59 Å². The van der Waals surface area contributed by atoms with Gasteiger partial charge in [-0.3, -0.25) is 0 Å². The molecule has 0 radical (unpaired) electrons. The minimum Gasteiger partial charge on any atom is -0.478 e. The van der Waals surface area contributed by atoms with Gasteiger partial charge in [-0.05, 0) is 25.0 Å². The van der Waals surface area contributed by atoms with Crippen molar-refractivity contribution in [3.05, 3.63) is 28.8 Å². The summed E-state index contributed by atoms with van der Waals surface area (Å²) in [6, 6.07) is 4.15. The predicted molar refractivity (Wildman–Crippen MR) is 84.1 cm³/mol. The number of anilines is 1. The van der Waals surface area contributed by atoms with E-state index in [1.54, 1.807) is 6.07 Å². The highest BCUT2D eigenvalue weighted by Gasteiger charge is 2.19. The van der Waals surface area contributed by atoms with Gasteiger partial charge in [-0.1, -0.05) is 44.4 Å². The van der Waals surface area contributed by atoms with E-state index in [4.69, 9.17) is 16.7 Å². The van der Waals surface area contributed by atoms with E-state index in [2.05, 4.69) is 24.5 Å². The standard InChI is InChI=1S/C15H21ClN2O3/c1-4-10(5-2)9(3)17-15(21)18-12-8-6-7-11(16)13(12)14(19)20/h6-10H,4-5H2,1-3H3,(H,19,20)(H2,17,18,21). The Labute approximate surface area is 129 Å². The van der Waals surface area contributed by atoms with Crippen LogP contribution in [0.4, 0.5) is 10.5 Å². The van der Waals surface area contributed by atoms with E-state index < -0.39 is 12.0 Å². The SMILES string of the molecule is CCC(CC)C(C)NC(=O)Nc1cccc(Cl)c1C(=O)O. The molecule has 0 spiro atoms. The smallest absolute Gasteiger partial charge is 0.339 e. The zero-order valence-corrected chi connectivity index (χ0v) is 13.2. The maximum Gasteiger partial charge on any atom is 0.339 e. The molecule has 1 atom stereocenters. The number of carboxylic acids is 1. The van der Waals surface area contributed by atoms with Crippen LogP contribution in [0.5, 0.6) is 0 Å². The second-order valence-corrected chi connectivity index (χ2v) is 5.34. The lowest BCUT2D eigenvalue weighted by molar-refractivity contribution is 0.0698. The minimum absolute atomic E-state index is 0.00691. The van der Waals surface area contributed by atoms with Crippen LogP contribution < -0.4 is 10.6 Å². The highest BCUT2D eigenvalue weighted by molar-refractivity contribution is 6.34. The molecular weight excluding hydrogens is 292 g/mol. The first-order valence-corrected chi connectivity index (χ1v) is 7.37. The number of benzene rings is 1. The molecule has 2 amide bonds. The lowest BCUT2D eigenvalue weighted by atomic mass is 9.96. The Morgan fingerprint density at radius 2 is 1.90 bits per heavy atom. The third kappa shape index (κ3) is 4.63. The fourth-order valence-electron chi connectivity index (χ4n) is 2.32. The summed E-state index contributed by atoms with van der Waals surface area (Å²) >= 11 is 5.86. The molecule has 1 unspecified atom stereocenters. The largest absolute Gasteiger partial charge is 0.478 e. The highest BCUT2D eigenvalue weighted by Crippen LogP contribution is 2.24. The monoisotopic (exact) mass is 312 g/mol. The number of hydrogen-bond donors (Lipinski definition) is 3. The number of carboxylic acid groups (broad SMARTS) is 1. The van der Waals surface area contributed by atoms with E-state index in [0.717, 1.165) is 12.8 Å². The van der Waals surface area contributed by atoms with Gasteiger partial charge in [0, 0.05) is 6.04 Å². The number of carbonyl (C=O) groups excluding carboxylic acids is 1. The Kier molecular flexibility index (Phi) is 6.49. The van der Waals surface area contributed by atoms with E-state index >= 15 is 0 Å². The Hall–Kier alpha value is -1.75. The Balaban J connectivity index is 2.80. The topological polar surface area (TPSA) is 78.4 Å². The number of urea groups is 1. The van der Waals surface area contributed by atoms with Crippen molar-refractivity contribution in [3.63, 3.8) is 0 Å². The van der Waals surface area contributed by atoms with E-state index in [1.165, 1.54) is 12.1 Å². The van der Waals surface area contributed by atoms with Gasteiger partial charge >= 0.3 is 12.0 Å². The van der Waals surface area contributed by atoms with Crippen LogP contribution >= 0.6 is 11.6 Å². The molecule has 0 saturated carbocycles. The molecule has 116 valence electrons. The number of amides is 2. The first-order chi connectivity index (χ1) is 9.90. The van der Waals surface area contributed by atoms with Crippen molar-refractivity contribution in [2.24, 2.45) is 5.92 Å². The van der Waals surface area contributed by atoms with Gasteiger partial charge in [0.1, 0.15) is 5.56 Å². The quantitative estimate of drug-likeness (QED) is 0.743. The number of nitrogens with one attached hydrogen (secondary N) is 2. The highest BCUT2D eigenvalue weighted by atomic mass is 35.5. The number of rotatable bonds is 6. The first-order valence-electron chi connectivity index (χ1n) is 6.99. The molecule has 5 nitrogen and oxygen atoms in total. The lowest BCUT2D eigenvalue weighted by Crippen LogP contribution is -2.40. The molecule has 0 saturated heterocycles. The Morgan fingerprint density at radius 1 is 1.29 bits per heavy atom. The summed E-state index contributed by atoms with van der Waals surface area (Å²) < 4.78 is 0. The molecule has 1 aromatic rings. The van der Waals surface area contributed by atoms with Crippen LogP contribution in [0.25, 0.3) is 0 Å². The third-order valence-electron chi connectivity index (χ3n) is 3.59. The zero-order valence-electron chi connectivity index (χ0n) is 12.4. The molecule has 0 fully saturated rings.